The van der Waals surface area contributed by atoms with Crippen LogP contribution >= 0.6 is 27.3 Å². The molecule has 0 atom stereocenters. The summed E-state index contributed by atoms with van der Waals surface area (Å²) in [6.07, 6.45) is 0. The molecule has 0 spiro atoms. The van der Waals surface area contributed by atoms with E-state index in [1.54, 1.807) is 0 Å². The van der Waals surface area contributed by atoms with E-state index in [2.05, 4.69) is 20.9 Å². The van der Waals surface area contributed by atoms with Gasteiger partial charge < -0.3 is 10.2 Å². The highest BCUT2D eigenvalue weighted by molar-refractivity contribution is 9.11. The Hall–Kier alpha value is -0.810. The molecule has 13 heavy (non-hydrogen) atoms. The Balaban J connectivity index is 2.46. The number of nitrogen functional groups attached to an aromatic ring is 1. The van der Waals surface area contributed by atoms with Crippen LogP contribution in [0.2, 0.25) is 0 Å². The Bertz CT molecular complexity index is 416. The van der Waals surface area contributed by atoms with Gasteiger partial charge in [-0.15, -0.1) is 11.3 Å². The van der Waals surface area contributed by atoms with Crippen LogP contribution < -0.4 is 5.73 Å². The fourth-order valence-electron chi connectivity index (χ4n) is 0.968. The van der Waals surface area contributed by atoms with Crippen molar-refractivity contribution in [2.24, 2.45) is 0 Å². The number of nitrogens with two attached hydrogens (primary N) is 1. The van der Waals surface area contributed by atoms with E-state index in [1.165, 1.54) is 11.3 Å². The fraction of sp³-hybridized carbons (Fsp3) is 0.125. The van der Waals surface area contributed by atoms with Gasteiger partial charge in [-0.3, -0.25) is 0 Å². The van der Waals surface area contributed by atoms with Crippen molar-refractivity contribution < 1.29 is 4.42 Å². The molecule has 2 N–H and O–H groups in total. The predicted molar refractivity (Wildman–Crippen MR) is 56.7 cm³/mol. The molecule has 0 aliphatic rings. The Kier molecular flexibility index (Phi) is 2.13. The summed E-state index contributed by atoms with van der Waals surface area (Å²) in [6.45, 7) is 1.90. The minimum atomic E-state index is 0.508. The predicted octanol–water partition coefficient (Wildman–Crippen LogP) is 3.06. The molecule has 0 saturated heterocycles. The van der Waals surface area contributed by atoms with Gasteiger partial charge in [-0.25, -0.2) is 4.98 Å². The van der Waals surface area contributed by atoms with E-state index in [1.807, 2.05) is 19.1 Å². The average molecular weight is 259 g/mol. The maximum atomic E-state index is 5.60. The second-order valence-corrected chi connectivity index (χ2v) is 4.91. The molecule has 0 aliphatic carbocycles. The molecule has 0 saturated carbocycles. The highest BCUT2D eigenvalue weighted by Gasteiger charge is 2.10. The quantitative estimate of drug-likeness (QED) is 0.856. The zero-order valence-corrected chi connectivity index (χ0v) is 9.28. The second-order valence-electron chi connectivity index (χ2n) is 2.59. The van der Waals surface area contributed by atoms with Crippen LogP contribution in [0.1, 0.15) is 5.76 Å². The van der Waals surface area contributed by atoms with Gasteiger partial charge in [0, 0.05) is 0 Å². The Labute approximate surface area is 87.7 Å². The Morgan fingerprint density at radius 2 is 2.31 bits per heavy atom. The maximum Gasteiger partial charge on any atom is 0.163 e. The topological polar surface area (TPSA) is 52.0 Å². The van der Waals surface area contributed by atoms with Crippen molar-refractivity contribution >= 4 is 33.1 Å². The number of hydrogen-bond donors (Lipinski definition) is 1. The molecule has 0 aromatic carbocycles. The summed E-state index contributed by atoms with van der Waals surface area (Å²) in [6, 6.07) is 3.79. The molecule has 2 aromatic heterocycles. The molecule has 0 fully saturated rings. The zero-order chi connectivity index (χ0) is 9.42. The molecule has 2 heterocycles. The third-order valence-electron chi connectivity index (χ3n) is 1.56. The van der Waals surface area contributed by atoms with E-state index in [0.717, 1.165) is 20.3 Å². The molecule has 68 valence electrons. The van der Waals surface area contributed by atoms with Crippen LogP contribution in [-0.4, -0.2) is 4.98 Å². The van der Waals surface area contributed by atoms with Gasteiger partial charge in [0.25, 0.3) is 0 Å². The number of anilines is 1. The van der Waals surface area contributed by atoms with Crippen molar-refractivity contribution in [3.8, 4) is 10.8 Å². The Morgan fingerprint density at radius 3 is 2.77 bits per heavy atom. The van der Waals surface area contributed by atoms with E-state index in [0.29, 0.717) is 5.82 Å². The first-order valence-electron chi connectivity index (χ1n) is 3.65. The largest absolute Gasteiger partial charge is 0.459 e. The minimum Gasteiger partial charge on any atom is -0.459 e. The highest BCUT2D eigenvalue weighted by atomic mass is 79.9. The van der Waals surface area contributed by atoms with Crippen LogP contribution in [0.15, 0.2) is 20.3 Å². The van der Waals surface area contributed by atoms with Gasteiger partial charge >= 0.3 is 0 Å². The lowest BCUT2D eigenvalue weighted by molar-refractivity contribution is 0.548. The lowest BCUT2D eigenvalue weighted by Crippen LogP contribution is -1.83. The van der Waals surface area contributed by atoms with Crippen molar-refractivity contribution in [1.82, 2.24) is 4.98 Å². The molecule has 0 aliphatic heterocycles. The van der Waals surface area contributed by atoms with Crippen molar-refractivity contribution in [2.45, 2.75) is 6.92 Å². The number of halogens is 1. The second kappa shape index (κ2) is 3.16. The molecule has 0 radical (unpaired) electrons. The summed E-state index contributed by atoms with van der Waals surface area (Å²) in [4.78, 5) is 4.15. The zero-order valence-electron chi connectivity index (χ0n) is 6.87. The van der Waals surface area contributed by atoms with Gasteiger partial charge in [-0.2, -0.15) is 0 Å². The van der Waals surface area contributed by atoms with E-state index >= 15 is 0 Å². The smallest absolute Gasteiger partial charge is 0.163 e. The van der Waals surface area contributed by atoms with E-state index in [9.17, 15) is 0 Å². The van der Waals surface area contributed by atoms with Crippen LogP contribution in [0.3, 0.4) is 0 Å². The fourth-order valence-corrected chi connectivity index (χ4v) is 2.19. The van der Waals surface area contributed by atoms with Gasteiger partial charge in [0.05, 0.1) is 0 Å². The monoisotopic (exact) mass is 258 g/mol. The molecule has 0 unspecified atom stereocenters. The summed E-state index contributed by atoms with van der Waals surface area (Å²) in [5.41, 5.74) is 5.60. The molecular formula is C8H7BrN2OS. The van der Waals surface area contributed by atoms with Gasteiger partial charge in [0.15, 0.2) is 10.8 Å². The minimum absolute atomic E-state index is 0.508. The third-order valence-corrected chi connectivity index (χ3v) is 3.33. The molecule has 2 aromatic rings. The maximum absolute atomic E-state index is 5.60. The van der Waals surface area contributed by atoms with Crippen molar-refractivity contribution in [3.63, 3.8) is 0 Å². The van der Waals surface area contributed by atoms with Crippen LogP contribution in [0, 0.1) is 6.92 Å². The number of hydrogen-bond acceptors (Lipinski definition) is 4. The van der Waals surface area contributed by atoms with E-state index in [4.69, 9.17) is 10.2 Å². The summed E-state index contributed by atoms with van der Waals surface area (Å²) < 4.78 is 6.25. The van der Waals surface area contributed by atoms with E-state index < -0.39 is 0 Å². The highest BCUT2D eigenvalue weighted by Crippen LogP contribution is 2.33. The number of nitrogens with zero attached hydrogens (tertiary/aromatic N) is 1. The van der Waals surface area contributed by atoms with Gasteiger partial charge in [0.2, 0.25) is 0 Å². The first-order valence-corrected chi connectivity index (χ1v) is 5.26. The summed E-state index contributed by atoms with van der Waals surface area (Å²) in [5.74, 6) is 2.15. The molecule has 0 bridgehead atoms. The normalized spacial score (nSPS) is 10.6. The van der Waals surface area contributed by atoms with Crippen LogP contribution in [0.4, 0.5) is 5.82 Å². The lowest BCUT2D eigenvalue weighted by Gasteiger charge is -1.86. The van der Waals surface area contributed by atoms with Gasteiger partial charge in [-0.1, -0.05) is 0 Å². The number of furan rings is 1. The average Bonchev–Trinajstić information content (AvgIpc) is 2.61. The van der Waals surface area contributed by atoms with Crippen molar-refractivity contribution in [3.05, 3.63) is 21.7 Å². The summed E-state index contributed by atoms with van der Waals surface area (Å²) in [7, 11) is 0. The lowest BCUT2D eigenvalue weighted by atomic mass is 10.4. The van der Waals surface area contributed by atoms with Crippen molar-refractivity contribution in [2.75, 3.05) is 5.73 Å². The van der Waals surface area contributed by atoms with Gasteiger partial charge in [-0.05, 0) is 35.0 Å². The molecule has 2 rings (SSSR count). The third kappa shape index (κ3) is 1.62. The first kappa shape index (κ1) is 8.77. The van der Waals surface area contributed by atoms with Gasteiger partial charge in [0.1, 0.15) is 15.4 Å². The molecule has 3 nitrogen and oxygen atoms in total. The summed E-state index contributed by atoms with van der Waals surface area (Å²) in [5, 5.41) is 0.803. The summed E-state index contributed by atoms with van der Waals surface area (Å²) >= 11 is 4.78. The van der Waals surface area contributed by atoms with E-state index in [-0.39, 0.29) is 0 Å². The number of thiazole rings is 1. The number of aryl methyl sites for hydroxylation is 1. The van der Waals surface area contributed by atoms with Crippen LogP contribution in [0.5, 0.6) is 0 Å². The standard InChI is InChI=1S/C8H7BrN2OS/c1-4-2-3-5(12-4)8-11-7(10)6(9)13-8/h2-3H,10H2,1H3. The van der Waals surface area contributed by atoms with Crippen LogP contribution in [-0.2, 0) is 0 Å². The molecule has 5 heteroatoms. The van der Waals surface area contributed by atoms with Crippen molar-refractivity contribution in [1.29, 1.82) is 0 Å². The molecule has 0 amide bonds. The van der Waals surface area contributed by atoms with Crippen LogP contribution in [0.25, 0.3) is 10.8 Å². The number of rotatable bonds is 1. The number of aromatic nitrogens is 1. The SMILES string of the molecule is Cc1ccc(-c2nc(N)c(Br)s2)o1. The molecular weight excluding hydrogens is 252 g/mol. The Morgan fingerprint density at radius 1 is 1.54 bits per heavy atom. The first-order chi connectivity index (χ1) is 6.16.